The first-order chi connectivity index (χ1) is 13.5. The van der Waals surface area contributed by atoms with Crippen LogP contribution in [0.1, 0.15) is 5.56 Å². The summed E-state index contributed by atoms with van der Waals surface area (Å²) in [6, 6.07) is 10.7. The second-order valence-electron chi connectivity index (χ2n) is 5.78. The molecule has 3 N–H and O–H groups in total. The summed E-state index contributed by atoms with van der Waals surface area (Å²) in [6.07, 6.45) is 0.0564. The fraction of sp³-hybridized carbons (Fsp3) is 0.167. The van der Waals surface area contributed by atoms with Gasteiger partial charge in [0.25, 0.3) is 0 Å². The number of hydrogen-bond acceptors (Lipinski definition) is 5. The molecular formula is C18H16ClF2N5OS. The van der Waals surface area contributed by atoms with E-state index in [4.69, 9.17) is 17.4 Å². The third kappa shape index (κ3) is 4.79. The summed E-state index contributed by atoms with van der Waals surface area (Å²) < 4.78 is 28.4. The number of nitrogens with two attached hydrogens (primary N) is 1. The lowest BCUT2D eigenvalue weighted by Crippen LogP contribution is -2.28. The summed E-state index contributed by atoms with van der Waals surface area (Å²) in [7, 11) is 0. The Morgan fingerprint density at radius 1 is 1.18 bits per heavy atom. The first kappa shape index (κ1) is 20.1. The van der Waals surface area contributed by atoms with E-state index in [-0.39, 0.29) is 30.2 Å². The number of aromatic nitrogens is 3. The summed E-state index contributed by atoms with van der Waals surface area (Å²) >= 11 is 7.06. The zero-order valence-corrected chi connectivity index (χ0v) is 16.1. The Morgan fingerprint density at radius 3 is 2.61 bits per heavy atom. The highest BCUT2D eigenvalue weighted by atomic mass is 35.5. The van der Waals surface area contributed by atoms with E-state index in [1.807, 2.05) is 0 Å². The highest BCUT2D eigenvalue weighted by Gasteiger charge is 2.14. The number of nitrogens with one attached hydrogen (secondary N) is 1. The third-order valence-corrected chi connectivity index (χ3v) is 5.02. The van der Waals surface area contributed by atoms with Gasteiger partial charge in [-0.15, -0.1) is 10.2 Å². The number of thioether (sulfide) groups is 1. The van der Waals surface area contributed by atoms with Crippen molar-refractivity contribution in [3.63, 3.8) is 0 Å². The molecule has 28 heavy (non-hydrogen) atoms. The number of rotatable bonds is 7. The SMILES string of the molecule is Nn1c(SCC(=O)NCCc2c(F)cccc2F)nnc1-c1cccc(Cl)c1. The van der Waals surface area contributed by atoms with Crippen LogP contribution in [-0.2, 0) is 11.2 Å². The summed E-state index contributed by atoms with van der Waals surface area (Å²) in [5.41, 5.74) is 0.647. The maximum absolute atomic E-state index is 13.6. The van der Waals surface area contributed by atoms with E-state index in [0.717, 1.165) is 11.8 Å². The van der Waals surface area contributed by atoms with Crippen molar-refractivity contribution in [1.82, 2.24) is 20.2 Å². The lowest BCUT2D eigenvalue weighted by molar-refractivity contribution is -0.118. The smallest absolute Gasteiger partial charge is 0.230 e. The van der Waals surface area contributed by atoms with E-state index in [0.29, 0.717) is 21.6 Å². The average Bonchev–Trinajstić information content (AvgIpc) is 3.03. The molecule has 0 spiro atoms. The van der Waals surface area contributed by atoms with Crippen molar-refractivity contribution >= 4 is 29.3 Å². The number of carbonyl (C=O) groups is 1. The van der Waals surface area contributed by atoms with E-state index in [1.54, 1.807) is 24.3 Å². The largest absolute Gasteiger partial charge is 0.355 e. The Labute approximate surface area is 169 Å². The Bertz CT molecular complexity index is 978. The Kier molecular flexibility index (Phi) is 6.48. The fourth-order valence-electron chi connectivity index (χ4n) is 2.48. The molecule has 10 heteroatoms. The normalized spacial score (nSPS) is 10.8. The molecule has 1 amide bonds. The molecule has 1 aromatic heterocycles. The van der Waals surface area contributed by atoms with Gasteiger partial charge in [0.15, 0.2) is 5.82 Å². The van der Waals surface area contributed by atoms with Crippen molar-refractivity contribution in [2.24, 2.45) is 0 Å². The van der Waals surface area contributed by atoms with Gasteiger partial charge in [0.2, 0.25) is 11.1 Å². The number of benzene rings is 2. The highest BCUT2D eigenvalue weighted by molar-refractivity contribution is 7.99. The van der Waals surface area contributed by atoms with Crippen molar-refractivity contribution in [2.75, 3.05) is 18.1 Å². The molecule has 0 radical (unpaired) electrons. The van der Waals surface area contributed by atoms with Crippen LogP contribution < -0.4 is 11.2 Å². The first-order valence-corrected chi connectivity index (χ1v) is 9.61. The molecule has 0 fully saturated rings. The number of nitrogen functional groups attached to an aromatic ring is 1. The predicted octanol–water partition coefficient (Wildman–Crippen LogP) is 3.04. The summed E-state index contributed by atoms with van der Waals surface area (Å²) in [4.78, 5) is 12.0. The van der Waals surface area contributed by atoms with Gasteiger partial charge in [-0.05, 0) is 30.7 Å². The van der Waals surface area contributed by atoms with Gasteiger partial charge >= 0.3 is 0 Å². The number of hydrogen-bond donors (Lipinski definition) is 2. The van der Waals surface area contributed by atoms with Crippen LogP contribution in [0.25, 0.3) is 11.4 Å². The minimum absolute atomic E-state index is 0.0324. The van der Waals surface area contributed by atoms with Crippen LogP contribution in [0.5, 0.6) is 0 Å². The Hall–Kier alpha value is -2.65. The molecular weight excluding hydrogens is 408 g/mol. The van der Waals surface area contributed by atoms with E-state index >= 15 is 0 Å². The monoisotopic (exact) mass is 423 g/mol. The molecule has 0 bridgehead atoms. The second kappa shape index (κ2) is 9.03. The van der Waals surface area contributed by atoms with Crippen LogP contribution in [0, 0.1) is 11.6 Å². The molecule has 0 unspecified atom stereocenters. The van der Waals surface area contributed by atoms with Gasteiger partial charge in [0.05, 0.1) is 5.75 Å². The fourth-order valence-corrected chi connectivity index (χ4v) is 3.36. The van der Waals surface area contributed by atoms with Gasteiger partial charge in [-0.2, -0.15) is 0 Å². The quantitative estimate of drug-likeness (QED) is 0.450. The standard InChI is InChI=1S/C18H16ClF2N5OS/c19-12-4-1-3-11(9-12)17-24-25-18(26(17)22)28-10-16(27)23-8-7-13-14(20)5-2-6-15(13)21/h1-6,9H,7-8,10,22H2,(H,23,27). The molecule has 3 aromatic rings. The van der Waals surface area contributed by atoms with Crippen molar-refractivity contribution in [3.05, 3.63) is 64.7 Å². The lowest BCUT2D eigenvalue weighted by Gasteiger charge is -2.07. The van der Waals surface area contributed by atoms with Gasteiger partial charge in [-0.25, -0.2) is 13.5 Å². The molecule has 0 saturated carbocycles. The van der Waals surface area contributed by atoms with Crippen LogP contribution in [-0.4, -0.2) is 33.1 Å². The molecule has 6 nitrogen and oxygen atoms in total. The highest BCUT2D eigenvalue weighted by Crippen LogP contribution is 2.23. The van der Waals surface area contributed by atoms with Gasteiger partial charge < -0.3 is 11.2 Å². The van der Waals surface area contributed by atoms with Crippen LogP contribution >= 0.6 is 23.4 Å². The third-order valence-electron chi connectivity index (χ3n) is 3.84. The van der Waals surface area contributed by atoms with E-state index in [1.165, 1.54) is 22.9 Å². The minimum atomic E-state index is -0.631. The number of amides is 1. The molecule has 0 saturated heterocycles. The Morgan fingerprint density at radius 2 is 1.89 bits per heavy atom. The van der Waals surface area contributed by atoms with Crippen molar-refractivity contribution in [2.45, 2.75) is 11.6 Å². The topological polar surface area (TPSA) is 85.8 Å². The first-order valence-electron chi connectivity index (χ1n) is 8.24. The van der Waals surface area contributed by atoms with Gasteiger partial charge in [-0.1, -0.05) is 41.6 Å². The maximum atomic E-state index is 13.6. The summed E-state index contributed by atoms with van der Waals surface area (Å²) in [6.45, 7) is 0.111. The molecule has 0 aliphatic carbocycles. The predicted molar refractivity (Wildman–Crippen MR) is 104 cm³/mol. The molecule has 1 heterocycles. The maximum Gasteiger partial charge on any atom is 0.230 e. The molecule has 3 rings (SSSR count). The Balaban J connectivity index is 1.52. The van der Waals surface area contributed by atoms with Crippen molar-refractivity contribution in [3.8, 4) is 11.4 Å². The molecule has 146 valence electrons. The summed E-state index contributed by atoms with van der Waals surface area (Å²) in [5.74, 6) is 4.87. The van der Waals surface area contributed by atoms with Crippen LogP contribution in [0.2, 0.25) is 5.02 Å². The van der Waals surface area contributed by atoms with Crippen LogP contribution in [0.15, 0.2) is 47.6 Å². The van der Waals surface area contributed by atoms with E-state index in [9.17, 15) is 13.6 Å². The van der Waals surface area contributed by atoms with E-state index < -0.39 is 11.6 Å². The summed E-state index contributed by atoms with van der Waals surface area (Å²) in [5, 5.41) is 11.5. The molecule has 0 aliphatic heterocycles. The lowest BCUT2D eigenvalue weighted by atomic mass is 10.1. The van der Waals surface area contributed by atoms with Crippen LogP contribution in [0.4, 0.5) is 8.78 Å². The molecule has 0 atom stereocenters. The zero-order valence-electron chi connectivity index (χ0n) is 14.5. The van der Waals surface area contributed by atoms with Crippen LogP contribution in [0.3, 0.4) is 0 Å². The number of nitrogens with zero attached hydrogens (tertiary/aromatic N) is 3. The van der Waals surface area contributed by atoms with E-state index in [2.05, 4.69) is 15.5 Å². The number of carbonyl (C=O) groups excluding carboxylic acids is 1. The second-order valence-corrected chi connectivity index (χ2v) is 7.15. The van der Waals surface area contributed by atoms with Gasteiger partial charge in [0, 0.05) is 22.7 Å². The molecule has 2 aromatic carbocycles. The average molecular weight is 424 g/mol. The van der Waals surface area contributed by atoms with Crippen molar-refractivity contribution in [1.29, 1.82) is 0 Å². The zero-order chi connectivity index (χ0) is 20.1. The molecule has 0 aliphatic rings. The van der Waals surface area contributed by atoms with Gasteiger partial charge in [0.1, 0.15) is 11.6 Å². The minimum Gasteiger partial charge on any atom is -0.355 e. The number of halogens is 3. The van der Waals surface area contributed by atoms with Crippen molar-refractivity contribution < 1.29 is 13.6 Å². The van der Waals surface area contributed by atoms with Gasteiger partial charge in [-0.3, -0.25) is 4.79 Å².